The van der Waals surface area contributed by atoms with E-state index in [0.29, 0.717) is 71.0 Å². The quantitative estimate of drug-likeness (QED) is 0.0169. The standard InChI is InChI=1S/C62H69N13O14S6/c1-32(2)49(60-74-52(42(95-60)27-88-5)54(83)65-26-43(63)76)72-55(84)50-33(3)94-59(73-50)38(25-45(77)64-4)68-53(82)40-29-91-56(70-40)36-19-20-37(67-51(36)39-28-92-58(69-39)41-30-90-46(66-41)21-18-34-13-7-6-8-14-34)57-71-44(31-93-57)75(23-12-11-17-48(80)81)62(87)89-24-22-35(61(85)86)15-9-10-16-47(78)79/h6-8,13-14,19-20,28-32,35,38,49H,9-12,15-18,21-27H2,1-5H3,(H2,63,76)(H,64,77)(H,65,83)(H,68,82)(H,72,84)(H,78,79)(H,80,81)(H,85,86)/t35?,38-,49?/m0/s1. The number of nitrogens with two attached hydrogens (primary N) is 1. The molecule has 7 heterocycles. The number of hydrogen-bond acceptors (Lipinski definition) is 24. The number of methoxy groups -OCH3 is 1. The normalized spacial score (nSPS) is 12.2. The summed E-state index contributed by atoms with van der Waals surface area (Å²) >= 11 is 7.48. The third-order valence-corrected chi connectivity index (χ3v) is 20.2. The first-order chi connectivity index (χ1) is 45.6. The average Bonchev–Trinajstić information content (AvgIpc) is 1.70. The number of nitrogens with one attached hydrogen (secondary N) is 4. The van der Waals surface area contributed by atoms with Crippen LogP contribution in [-0.2, 0) is 52.9 Å². The second-order valence-corrected chi connectivity index (χ2v) is 27.7. The van der Waals surface area contributed by atoms with Crippen molar-refractivity contribution in [1.82, 2.24) is 56.2 Å². The summed E-state index contributed by atoms with van der Waals surface area (Å²) in [6, 6.07) is 11.8. The third kappa shape index (κ3) is 20.1. The number of ether oxygens (including phenoxy) is 2. The summed E-state index contributed by atoms with van der Waals surface area (Å²) in [4.78, 5) is 151. The van der Waals surface area contributed by atoms with Gasteiger partial charge in [0.05, 0.1) is 59.8 Å². The van der Waals surface area contributed by atoms with Crippen LogP contribution < -0.4 is 31.9 Å². The van der Waals surface area contributed by atoms with Crippen LogP contribution in [0.25, 0.3) is 43.4 Å². The van der Waals surface area contributed by atoms with Gasteiger partial charge in [-0.1, -0.05) is 50.6 Å². The van der Waals surface area contributed by atoms with Crippen molar-refractivity contribution in [2.24, 2.45) is 17.6 Å². The number of benzene rings is 1. The van der Waals surface area contributed by atoms with E-state index in [1.807, 2.05) is 42.8 Å². The highest BCUT2D eigenvalue weighted by Gasteiger charge is 2.32. The van der Waals surface area contributed by atoms with Crippen molar-refractivity contribution in [1.29, 1.82) is 0 Å². The Bertz CT molecular complexity index is 4030. The summed E-state index contributed by atoms with van der Waals surface area (Å²) in [5.41, 5.74) is 8.83. The van der Waals surface area contributed by atoms with Crippen molar-refractivity contribution < 1.29 is 67.9 Å². The number of aromatic nitrogens is 7. The van der Waals surface area contributed by atoms with E-state index >= 15 is 0 Å². The van der Waals surface area contributed by atoms with Crippen LogP contribution in [-0.4, -0.2) is 138 Å². The average molecular weight is 1410 g/mol. The molecule has 8 aromatic rings. The Balaban J connectivity index is 1.06. The van der Waals surface area contributed by atoms with Gasteiger partial charge < -0.3 is 51.8 Å². The van der Waals surface area contributed by atoms with Gasteiger partial charge in [-0.25, -0.2) is 39.7 Å². The maximum Gasteiger partial charge on any atom is 0.415 e. The number of aryl methyl sites for hydroxylation is 3. The molecule has 33 heteroatoms. The smallest absolute Gasteiger partial charge is 0.415 e. The molecule has 0 saturated heterocycles. The number of rotatable bonds is 36. The van der Waals surface area contributed by atoms with E-state index in [0.717, 1.165) is 51.9 Å². The first-order valence-corrected chi connectivity index (χ1v) is 35.1. The molecule has 0 spiro atoms. The molecule has 502 valence electrons. The van der Waals surface area contributed by atoms with Crippen LogP contribution in [0.1, 0.15) is 146 Å². The van der Waals surface area contributed by atoms with Gasteiger partial charge in [0.2, 0.25) is 11.8 Å². The Kier molecular flexibility index (Phi) is 26.2. The zero-order valence-corrected chi connectivity index (χ0v) is 57.1. The predicted octanol–water partition coefficient (Wildman–Crippen LogP) is 9.61. The second-order valence-electron chi connectivity index (χ2n) is 21.8. The number of primary amides is 1. The fraction of sp³-hybridized carbons (Fsp3) is 0.387. The van der Waals surface area contributed by atoms with Crippen molar-refractivity contribution >= 4 is 127 Å². The van der Waals surface area contributed by atoms with Gasteiger partial charge in [-0.05, 0) is 69.1 Å². The summed E-state index contributed by atoms with van der Waals surface area (Å²) in [6.07, 6.45) is 1.51. The fourth-order valence-corrected chi connectivity index (χ4v) is 15.0. The number of hydrogen-bond donors (Lipinski definition) is 8. The molecule has 1 aromatic carbocycles. The van der Waals surface area contributed by atoms with E-state index in [4.69, 9.17) is 45.2 Å². The number of carbonyl (C=O) groups is 9. The third-order valence-electron chi connectivity index (χ3n) is 14.5. The molecule has 7 aromatic heterocycles. The van der Waals surface area contributed by atoms with Crippen LogP contribution in [0.4, 0.5) is 10.6 Å². The van der Waals surface area contributed by atoms with Crippen molar-refractivity contribution in [2.45, 2.75) is 110 Å². The van der Waals surface area contributed by atoms with Crippen molar-refractivity contribution in [3.8, 4) is 43.4 Å². The van der Waals surface area contributed by atoms with Crippen molar-refractivity contribution in [3.05, 3.63) is 111 Å². The van der Waals surface area contributed by atoms with Crippen LogP contribution in [0.5, 0.6) is 0 Å². The minimum atomic E-state index is -1.10. The number of carbonyl (C=O) groups excluding carboxylic acids is 6. The first-order valence-electron chi connectivity index (χ1n) is 29.9. The Morgan fingerprint density at radius 1 is 0.674 bits per heavy atom. The van der Waals surface area contributed by atoms with Crippen molar-refractivity contribution in [3.63, 3.8) is 0 Å². The number of thiazole rings is 6. The van der Waals surface area contributed by atoms with Gasteiger partial charge in [0.15, 0.2) is 0 Å². The van der Waals surface area contributed by atoms with Gasteiger partial charge in [0.1, 0.15) is 65.0 Å². The zero-order chi connectivity index (χ0) is 68.3. The second kappa shape index (κ2) is 34.5. The van der Waals surface area contributed by atoms with Crippen molar-refractivity contribution in [2.75, 3.05) is 38.8 Å². The first kappa shape index (κ1) is 72.0. The van der Waals surface area contributed by atoms with Crippen LogP contribution >= 0.6 is 68.0 Å². The number of anilines is 1. The number of unbranched alkanes of at least 4 members (excludes halogenated alkanes) is 2. The summed E-state index contributed by atoms with van der Waals surface area (Å²) in [5.74, 6) is -7.09. The summed E-state index contributed by atoms with van der Waals surface area (Å²) in [6.45, 7) is 4.79. The number of amides is 6. The van der Waals surface area contributed by atoms with Crippen LogP contribution in [0.3, 0.4) is 0 Å². The SMILES string of the molecule is CNC(=O)C[C@H](NC(=O)c1csc(-c2ccc(-c3nc(N(CCCCC(=O)O)C(=O)OCCC(CCCCC(=O)O)C(=O)O)cs3)nc2-c2csc(-c3csc(CCc4ccccc4)n3)n2)n1)c1nc(C(=O)NC(c2nc(C(=O)NCC(N)=O)c(COC)s2)C(C)C)c(C)s1. The largest absolute Gasteiger partial charge is 0.481 e. The van der Waals surface area contributed by atoms with Gasteiger partial charge in [-0.2, -0.15) is 0 Å². The van der Waals surface area contributed by atoms with E-state index in [1.165, 1.54) is 58.6 Å². The predicted molar refractivity (Wildman–Crippen MR) is 360 cm³/mol. The number of pyridine rings is 1. The highest BCUT2D eigenvalue weighted by Crippen LogP contribution is 2.39. The lowest BCUT2D eigenvalue weighted by atomic mass is 9.98. The monoisotopic (exact) mass is 1410 g/mol. The lowest BCUT2D eigenvalue weighted by molar-refractivity contribution is -0.142. The van der Waals surface area contributed by atoms with E-state index in [1.54, 1.807) is 29.8 Å². The number of nitrogens with zero attached hydrogens (tertiary/aromatic N) is 8. The molecule has 0 aliphatic carbocycles. The minimum absolute atomic E-state index is 0.00879. The highest BCUT2D eigenvalue weighted by molar-refractivity contribution is 7.15. The molecular formula is C62H69N13O14S6. The van der Waals surface area contributed by atoms with Crippen LogP contribution in [0.15, 0.2) is 64.0 Å². The molecule has 95 heavy (non-hydrogen) atoms. The van der Waals surface area contributed by atoms with Crippen LogP contribution in [0, 0.1) is 18.8 Å². The number of carboxylic acids is 3. The molecule has 0 aliphatic rings. The topological polar surface area (TPSA) is 400 Å². The molecule has 0 bridgehead atoms. The molecule has 0 fully saturated rings. The Morgan fingerprint density at radius 2 is 1.38 bits per heavy atom. The van der Waals surface area contributed by atoms with Crippen LogP contribution in [0.2, 0.25) is 0 Å². The number of carboxylic acid groups (broad SMARTS) is 3. The van der Waals surface area contributed by atoms with E-state index in [9.17, 15) is 53.4 Å². The molecule has 2 unspecified atom stereocenters. The van der Waals surface area contributed by atoms with E-state index in [2.05, 4.69) is 43.4 Å². The molecule has 27 nitrogen and oxygen atoms in total. The molecule has 0 saturated carbocycles. The lowest BCUT2D eigenvalue weighted by Crippen LogP contribution is -2.34. The summed E-state index contributed by atoms with van der Waals surface area (Å²) in [7, 11) is 2.91. The fourth-order valence-electron chi connectivity index (χ4n) is 9.52. The molecule has 0 radical (unpaired) electrons. The van der Waals surface area contributed by atoms with Gasteiger partial charge in [-0.3, -0.25) is 43.3 Å². The van der Waals surface area contributed by atoms with Gasteiger partial charge in [0.25, 0.3) is 17.7 Å². The maximum absolute atomic E-state index is 14.4. The highest BCUT2D eigenvalue weighted by atomic mass is 32.1. The minimum Gasteiger partial charge on any atom is -0.481 e. The van der Waals surface area contributed by atoms with E-state index in [-0.39, 0.29) is 98.5 Å². The molecule has 9 N–H and O–H groups in total. The Labute approximate surface area is 569 Å². The number of aliphatic carboxylic acids is 3. The molecular weight excluding hydrogens is 1340 g/mol. The maximum atomic E-state index is 14.4. The Morgan fingerprint density at radius 3 is 2.08 bits per heavy atom. The van der Waals surface area contributed by atoms with E-state index < -0.39 is 78.1 Å². The molecule has 3 atom stereocenters. The van der Waals surface area contributed by atoms with Gasteiger partial charge in [-0.15, -0.1) is 68.0 Å². The molecule has 8 rings (SSSR count). The zero-order valence-electron chi connectivity index (χ0n) is 52.2. The molecule has 0 aliphatic heterocycles. The summed E-state index contributed by atoms with van der Waals surface area (Å²) < 4.78 is 10.9. The Hall–Kier alpha value is -8.86. The van der Waals surface area contributed by atoms with Gasteiger partial charge >= 0.3 is 24.0 Å². The molecule has 6 amide bonds. The van der Waals surface area contributed by atoms with Gasteiger partial charge in [0, 0.05) is 71.9 Å². The summed E-state index contributed by atoms with van der Waals surface area (Å²) in [5, 5.41) is 49.1. The lowest BCUT2D eigenvalue weighted by Gasteiger charge is -2.20.